The first kappa shape index (κ1) is 15.2. The summed E-state index contributed by atoms with van der Waals surface area (Å²) in [6.45, 7) is 0. The third-order valence-electron chi connectivity index (χ3n) is 3.38. The summed E-state index contributed by atoms with van der Waals surface area (Å²) >= 11 is 0. The van der Waals surface area contributed by atoms with Crippen molar-refractivity contribution in [2.24, 2.45) is 0 Å². The predicted molar refractivity (Wildman–Crippen MR) is 81.7 cm³/mol. The highest BCUT2D eigenvalue weighted by Gasteiger charge is 2.23. The molecule has 0 aliphatic heterocycles. The zero-order valence-corrected chi connectivity index (χ0v) is 12.2. The number of hydrogen-bond acceptors (Lipinski definition) is 7. The largest absolute Gasteiger partial charge is 0.494 e. The van der Waals surface area contributed by atoms with Gasteiger partial charge in [0.25, 0.3) is 11.2 Å². The van der Waals surface area contributed by atoms with Gasteiger partial charge in [-0.25, -0.2) is 0 Å². The molecule has 0 amide bonds. The van der Waals surface area contributed by atoms with Crippen molar-refractivity contribution >= 4 is 22.3 Å². The van der Waals surface area contributed by atoms with Crippen LogP contribution >= 0.6 is 0 Å². The molecule has 122 valence electrons. The second-order valence-corrected chi connectivity index (χ2v) is 4.72. The lowest BCUT2D eigenvalue weighted by molar-refractivity contribution is -0.385. The highest BCUT2D eigenvalue weighted by atomic mass is 16.6. The zero-order valence-electron chi connectivity index (χ0n) is 12.2. The fourth-order valence-corrected chi connectivity index (χ4v) is 2.28. The molecule has 0 aliphatic rings. The van der Waals surface area contributed by atoms with Gasteiger partial charge >= 0.3 is 5.69 Å². The van der Waals surface area contributed by atoms with Gasteiger partial charge in [-0.1, -0.05) is 6.07 Å². The number of methoxy groups -OCH3 is 1. The first-order valence-corrected chi connectivity index (χ1v) is 6.56. The second kappa shape index (κ2) is 5.50. The van der Waals surface area contributed by atoms with E-state index in [9.17, 15) is 25.0 Å². The number of non-ortho nitro benzene ring substituents is 2. The number of aromatic nitrogens is 1. The smallest absolute Gasteiger partial charge is 0.315 e. The highest BCUT2D eigenvalue weighted by Crippen LogP contribution is 2.30. The van der Waals surface area contributed by atoms with Crippen LogP contribution < -0.4 is 10.3 Å². The van der Waals surface area contributed by atoms with Gasteiger partial charge in [0.05, 0.1) is 28.4 Å². The van der Waals surface area contributed by atoms with Gasteiger partial charge in [0.2, 0.25) is 5.58 Å². The summed E-state index contributed by atoms with van der Waals surface area (Å²) in [7, 11) is 1.28. The first-order valence-electron chi connectivity index (χ1n) is 6.56. The maximum Gasteiger partial charge on any atom is 0.315 e. The van der Waals surface area contributed by atoms with Gasteiger partial charge in [0.1, 0.15) is 5.69 Å². The fraction of sp³-hybridized carbons (Fsp3) is 0.0714. The Hall–Kier alpha value is -3.69. The minimum Gasteiger partial charge on any atom is -0.494 e. The zero-order chi connectivity index (χ0) is 17.4. The lowest BCUT2D eigenvalue weighted by Gasteiger charge is -2.06. The number of hydrogen-bond donors (Lipinski definition) is 0. The van der Waals surface area contributed by atoms with Crippen LogP contribution in [0.5, 0.6) is 5.75 Å². The van der Waals surface area contributed by atoms with Gasteiger partial charge in [-0.2, -0.15) is 0 Å². The molecule has 0 N–H and O–H groups in total. The van der Waals surface area contributed by atoms with Crippen LogP contribution in [-0.4, -0.2) is 21.7 Å². The van der Waals surface area contributed by atoms with Crippen LogP contribution in [0.3, 0.4) is 0 Å². The van der Waals surface area contributed by atoms with E-state index in [4.69, 9.17) is 9.26 Å². The summed E-state index contributed by atoms with van der Waals surface area (Å²) in [5.74, 6) is 0.0213. The molecule has 0 aliphatic carbocycles. The molecule has 0 spiro atoms. The van der Waals surface area contributed by atoms with Crippen molar-refractivity contribution in [3.8, 4) is 11.4 Å². The molecular formula is C14H9N3O7. The van der Waals surface area contributed by atoms with Crippen LogP contribution in [0.15, 0.2) is 45.7 Å². The van der Waals surface area contributed by atoms with E-state index < -0.39 is 15.4 Å². The molecule has 0 saturated heterocycles. The van der Waals surface area contributed by atoms with E-state index in [1.165, 1.54) is 37.4 Å². The Labute approximate surface area is 132 Å². The maximum atomic E-state index is 12.4. The Morgan fingerprint density at radius 2 is 1.88 bits per heavy atom. The van der Waals surface area contributed by atoms with Crippen molar-refractivity contribution in [2.75, 3.05) is 7.11 Å². The predicted octanol–water partition coefficient (Wildman–Crippen LogP) is 2.41. The van der Waals surface area contributed by atoms with E-state index in [2.05, 4.69) is 0 Å². The van der Waals surface area contributed by atoms with E-state index in [0.717, 1.165) is 10.8 Å². The molecule has 2 aromatic carbocycles. The lowest BCUT2D eigenvalue weighted by atomic mass is 10.2. The molecule has 10 nitrogen and oxygen atoms in total. The molecule has 1 aromatic heterocycles. The average Bonchev–Trinajstić information content (AvgIpc) is 2.91. The number of rotatable bonds is 4. The van der Waals surface area contributed by atoms with Gasteiger partial charge in [-0.05, 0) is 12.1 Å². The number of para-hydroxylation sites is 1. The van der Waals surface area contributed by atoms with Crippen LogP contribution in [0, 0.1) is 20.2 Å². The van der Waals surface area contributed by atoms with E-state index in [-0.39, 0.29) is 33.8 Å². The normalized spacial score (nSPS) is 10.7. The number of ether oxygens (including phenoxy) is 1. The molecule has 10 heteroatoms. The van der Waals surface area contributed by atoms with Gasteiger partial charge in [0.15, 0.2) is 5.75 Å². The maximum absolute atomic E-state index is 12.4. The SMILES string of the molecule is COc1cc([N+](=O)[O-])ccc1-n1oc2c([N+](=O)[O-])cccc2c1=O. The summed E-state index contributed by atoms with van der Waals surface area (Å²) in [6, 6.07) is 7.54. The Bertz CT molecular complexity index is 1030. The molecule has 1 heterocycles. The van der Waals surface area contributed by atoms with Crippen LogP contribution in [0.25, 0.3) is 16.7 Å². The summed E-state index contributed by atoms with van der Waals surface area (Å²) in [4.78, 5) is 33.0. The van der Waals surface area contributed by atoms with E-state index in [1.54, 1.807) is 0 Å². The molecule has 0 saturated carbocycles. The van der Waals surface area contributed by atoms with Crippen LogP contribution in [0.2, 0.25) is 0 Å². The molecular weight excluding hydrogens is 322 g/mol. The Morgan fingerprint density at radius 3 is 2.50 bits per heavy atom. The second-order valence-electron chi connectivity index (χ2n) is 4.72. The van der Waals surface area contributed by atoms with Crippen molar-refractivity contribution in [1.82, 2.24) is 4.74 Å². The number of nitrogens with zero attached hydrogens (tertiary/aromatic N) is 3. The molecule has 3 rings (SSSR count). The highest BCUT2D eigenvalue weighted by molar-refractivity contribution is 5.85. The van der Waals surface area contributed by atoms with E-state index in [1.807, 2.05) is 0 Å². The number of nitro groups is 2. The molecule has 0 bridgehead atoms. The van der Waals surface area contributed by atoms with Crippen molar-refractivity contribution in [1.29, 1.82) is 0 Å². The van der Waals surface area contributed by atoms with Gasteiger partial charge in [0, 0.05) is 12.1 Å². The minimum atomic E-state index is -0.664. The number of benzene rings is 2. The Balaban J connectivity index is 2.29. The fourth-order valence-electron chi connectivity index (χ4n) is 2.28. The molecule has 0 atom stereocenters. The third kappa shape index (κ3) is 2.26. The van der Waals surface area contributed by atoms with Crippen LogP contribution in [0.1, 0.15) is 0 Å². The summed E-state index contributed by atoms with van der Waals surface area (Å²) in [6.07, 6.45) is 0. The molecule has 0 radical (unpaired) electrons. The van der Waals surface area contributed by atoms with Gasteiger partial charge in [-0.15, -0.1) is 4.74 Å². The summed E-state index contributed by atoms with van der Waals surface area (Å²) in [5, 5.41) is 21.9. The molecule has 0 unspecified atom stereocenters. The topological polar surface area (TPSA) is 131 Å². The van der Waals surface area contributed by atoms with Crippen molar-refractivity contribution in [2.45, 2.75) is 0 Å². The lowest BCUT2D eigenvalue weighted by Crippen LogP contribution is -2.13. The molecule has 24 heavy (non-hydrogen) atoms. The van der Waals surface area contributed by atoms with Crippen LogP contribution in [0.4, 0.5) is 11.4 Å². The monoisotopic (exact) mass is 331 g/mol. The van der Waals surface area contributed by atoms with Crippen LogP contribution in [-0.2, 0) is 0 Å². The van der Waals surface area contributed by atoms with Gasteiger partial charge < -0.3 is 9.26 Å². The van der Waals surface area contributed by atoms with E-state index in [0.29, 0.717) is 0 Å². The Kier molecular flexibility index (Phi) is 3.49. The van der Waals surface area contributed by atoms with Crippen molar-refractivity contribution in [3.05, 3.63) is 67.0 Å². The number of nitro benzene ring substituents is 2. The summed E-state index contributed by atoms with van der Waals surface area (Å²) in [5.41, 5.74) is -1.32. The quantitative estimate of drug-likeness (QED) is 0.529. The van der Waals surface area contributed by atoms with E-state index >= 15 is 0 Å². The van der Waals surface area contributed by atoms with Gasteiger partial charge in [-0.3, -0.25) is 25.0 Å². The molecule has 0 fully saturated rings. The summed E-state index contributed by atoms with van der Waals surface area (Å²) < 4.78 is 11.2. The van der Waals surface area contributed by atoms with Crippen molar-refractivity contribution < 1.29 is 19.1 Å². The number of fused-ring (bicyclic) bond motifs is 1. The Morgan fingerprint density at radius 1 is 1.12 bits per heavy atom. The standard InChI is InChI=1S/C14H9N3O7/c1-23-12-7-8(16(19)20)5-6-10(12)15-14(18)9-3-2-4-11(17(21)22)13(9)24-15/h2-7H,1H3. The minimum absolute atomic E-state index is 0.0182. The average molecular weight is 331 g/mol. The first-order chi connectivity index (χ1) is 11.4. The van der Waals surface area contributed by atoms with Crippen molar-refractivity contribution in [3.63, 3.8) is 0 Å². The third-order valence-corrected chi connectivity index (χ3v) is 3.38. The molecule has 3 aromatic rings.